The Morgan fingerprint density at radius 1 is 1.04 bits per heavy atom. The van der Waals surface area contributed by atoms with Crippen LogP contribution in [0.1, 0.15) is 15.9 Å². The van der Waals surface area contributed by atoms with Crippen molar-refractivity contribution in [2.45, 2.75) is 6.92 Å². The standard InChI is InChI=1S/C18H18BrNO5/c1-11-4-6-14(13(19)8-11)20-17(21)10-25-18(22)12-5-7-15(23-2)16(9-12)24-3/h4-9H,10H2,1-3H3,(H,20,21). The van der Waals surface area contributed by atoms with Gasteiger partial charge in [0.25, 0.3) is 5.91 Å². The van der Waals surface area contributed by atoms with Crippen LogP contribution in [0.2, 0.25) is 0 Å². The van der Waals surface area contributed by atoms with Crippen LogP contribution < -0.4 is 14.8 Å². The largest absolute Gasteiger partial charge is 0.493 e. The van der Waals surface area contributed by atoms with E-state index in [1.807, 2.05) is 19.1 Å². The van der Waals surface area contributed by atoms with E-state index in [0.29, 0.717) is 17.2 Å². The van der Waals surface area contributed by atoms with E-state index in [1.165, 1.54) is 26.4 Å². The van der Waals surface area contributed by atoms with Crippen molar-refractivity contribution in [3.8, 4) is 11.5 Å². The van der Waals surface area contributed by atoms with Gasteiger partial charge in [-0.2, -0.15) is 0 Å². The lowest BCUT2D eigenvalue weighted by molar-refractivity contribution is -0.119. The van der Waals surface area contributed by atoms with Crippen molar-refractivity contribution in [3.63, 3.8) is 0 Å². The molecule has 0 heterocycles. The number of halogens is 1. The van der Waals surface area contributed by atoms with Gasteiger partial charge in [-0.25, -0.2) is 4.79 Å². The number of carbonyl (C=O) groups is 2. The van der Waals surface area contributed by atoms with Crippen molar-refractivity contribution in [3.05, 3.63) is 52.0 Å². The molecule has 7 heteroatoms. The third-order valence-electron chi connectivity index (χ3n) is 3.35. The molecule has 1 N–H and O–H groups in total. The highest BCUT2D eigenvalue weighted by Gasteiger charge is 2.14. The first-order valence-electron chi connectivity index (χ1n) is 7.39. The SMILES string of the molecule is COc1ccc(C(=O)OCC(=O)Nc2ccc(C)cc2Br)cc1OC. The Kier molecular flexibility index (Phi) is 6.41. The van der Waals surface area contributed by atoms with E-state index in [1.54, 1.807) is 12.1 Å². The van der Waals surface area contributed by atoms with Crippen molar-refractivity contribution < 1.29 is 23.8 Å². The summed E-state index contributed by atoms with van der Waals surface area (Å²) in [6, 6.07) is 10.2. The number of hydrogen-bond donors (Lipinski definition) is 1. The minimum absolute atomic E-state index is 0.266. The summed E-state index contributed by atoms with van der Waals surface area (Å²) in [7, 11) is 2.98. The Bertz CT molecular complexity index is 791. The van der Waals surface area contributed by atoms with E-state index in [-0.39, 0.29) is 5.56 Å². The van der Waals surface area contributed by atoms with E-state index in [9.17, 15) is 9.59 Å². The van der Waals surface area contributed by atoms with Gasteiger partial charge in [0, 0.05) is 4.47 Å². The molecule has 6 nitrogen and oxygen atoms in total. The Balaban J connectivity index is 1.96. The van der Waals surface area contributed by atoms with Gasteiger partial charge in [0.15, 0.2) is 18.1 Å². The number of amides is 1. The van der Waals surface area contributed by atoms with Crippen LogP contribution in [0.3, 0.4) is 0 Å². The predicted octanol–water partition coefficient (Wildman–Crippen LogP) is 3.57. The molecular weight excluding hydrogens is 390 g/mol. The fourth-order valence-corrected chi connectivity index (χ4v) is 2.68. The summed E-state index contributed by atoms with van der Waals surface area (Å²) in [6.45, 7) is 1.55. The first kappa shape index (κ1) is 18.8. The molecular formula is C18H18BrNO5. The molecule has 0 spiro atoms. The summed E-state index contributed by atoms with van der Waals surface area (Å²) < 4.78 is 16.0. The molecule has 2 aromatic rings. The summed E-state index contributed by atoms with van der Waals surface area (Å²) in [5.74, 6) is -0.150. The fourth-order valence-electron chi connectivity index (χ4n) is 2.09. The number of hydrogen-bond acceptors (Lipinski definition) is 5. The highest BCUT2D eigenvalue weighted by molar-refractivity contribution is 9.10. The molecule has 2 rings (SSSR count). The zero-order valence-corrected chi connectivity index (χ0v) is 15.7. The third kappa shape index (κ3) is 4.96. The fraction of sp³-hybridized carbons (Fsp3) is 0.222. The molecule has 0 radical (unpaired) electrons. The van der Waals surface area contributed by atoms with Crippen molar-refractivity contribution in [1.82, 2.24) is 0 Å². The summed E-state index contributed by atoms with van der Waals surface area (Å²) >= 11 is 3.37. The Hall–Kier alpha value is -2.54. The van der Waals surface area contributed by atoms with Crippen LogP contribution in [0.15, 0.2) is 40.9 Å². The van der Waals surface area contributed by atoms with Gasteiger partial charge >= 0.3 is 5.97 Å². The number of carbonyl (C=O) groups excluding carboxylic acids is 2. The van der Waals surface area contributed by atoms with Crippen LogP contribution in [-0.2, 0) is 9.53 Å². The minimum Gasteiger partial charge on any atom is -0.493 e. The van der Waals surface area contributed by atoms with Gasteiger partial charge in [-0.1, -0.05) is 6.07 Å². The van der Waals surface area contributed by atoms with Crippen LogP contribution >= 0.6 is 15.9 Å². The lowest BCUT2D eigenvalue weighted by Crippen LogP contribution is -2.21. The third-order valence-corrected chi connectivity index (χ3v) is 4.01. The normalized spacial score (nSPS) is 10.1. The number of aryl methyl sites for hydroxylation is 1. The van der Waals surface area contributed by atoms with Gasteiger partial charge < -0.3 is 19.5 Å². The van der Waals surface area contributed by atoms with Crippen LogP contribution in [0.4, 0.5) is 5.69 Å². The van der Waals surface area contributed by atoms with E-state index >= 15 is 0 Å². The summed E-state index contributed by atoms with van der Waals surface area (Å²) in [5, 5.41) is 2.68. The van der Waals surface area contributed by atoms with Gasteiger partial charge in [0.2, 0.25) is 0 Å². The average molecular weight is 408 g/mol. The average Bonchev–Trinajstić information content (AvgIpc) is 2.61. The summed E-state index contributed by atoms with van der Waals surface area (Å²) in [4.78, 5) is 24.0. The zero-order valence-electron chi connectivity index (χ0n) is 14.1. The van der Waals surface area contributed by atoms with Gasteiger partial charge in [-0.3, -0.25) is 4.79 Å². The lowest BCUT2D eigenvalue weighted by Gasteiger charge is -2.10. The van der Waals surface area contributed by atoms with E-state index in [4.69, 9.17) is 14.2 Å². The first-order valence-corrected chi connectivity index (χ1v) is 8.19. The predicted molar refractivity (Wildman–Crippen MR) is 97.3 cm³/mol. The molecule has 0 aliphatic carbocycles. The topological polar surface area (TPSA) is 73.9 Å². The van der Waals surface area contributed by atoms with Crippen LogP contribution in [0.5, 0.6) is 11.5 Å². The number of methoxy groups -OCH3 is 2. The van der Waals surface area contributed by atoms with Crippen molar-refractivity contribution >= 4 is 33.5 Å². The maximum Gasteiger partial charge on any atom is 0.338 e. The molecule has 0 bridgehead atoms. The molecule has 0 fully saturated rings. The molecule has 0 saturated heterocycles. The Labute approximate surface area is 154 Å². The molecule has 0 aliphatic rings. The number of anilines is 1. The molecule has 0 saturated carbocycles. The first-order chi connectivity index (χ1) is 11.9. The molecule has 0 atom stereocenters. The molecule has 1 amide bonds. The highest BCUT2D eigenvalue weighted by atomic mass is 79.9. The molecule has 0 aliphatic heterocycles. The van der Waals surface area contributed by atoms with Crippen LogP contribution in [-0.4, -0.2) is 32.7 Å². The van der Waals surface area contributed by atoms with Gasteiger partial charge in [0.05, 0.1) is 25.5 Å². The summed E-state index contributed by atoms with van der Waals surface area (Å²) in [6.07, 6.45) is 0. The lowest BCUT2D eigenvalue weighted by atomic mass is 10.2. The van der Waals surface area contributed by atoms with Crippen LogP contribution in [0, 0.1) is 6.92 Å². The Morgan fingerprint density at radius 3 is 2.40 bits per heavy atom. The molecule has 0 unspecified atom stereocenters. The zero-order chi connectivity index (χ0) is 18.4. The second kappa shape index (κ2) is 8.53. The number of benzene rings is 2. The molecule has 25 heavy (non-hydrogen) atoms. The number of esters is 1. The number of ether oxygens (including phenoxy) is 3. The molecule has 132 valence electrons. The van der Waals surface area contributed by atoms with Crippen molar-refractivity contribution in [2.24, 2.45) is 0 Å². The molecule has 2 aromatic carbocycles. The smallest absolute Gasteiger partial charge is 0.338 e. The quantitative estimate of drug-likeness (QED) is 0.740. The van der Waals surface area contributed by atoms with Gasteiger partial charge in [0.1, 0.15) is 0 Å². The van der Waals surface area contributed by atoms with E-state index in [0.717, 1.165) is 10.0 Å². The Morgan fingerprint density at radius 2 is 1.76 bits per heavy atom. The maximum absolute atomic E-state index is 12.1. The van der Waals surface area contributed by atoms with Crippen molar-refractivity contribution in [1.29, 1.82) is 0 Å². The monoisotopic (exact) mass is 407 g/mol. The second-order valence-electron chi connectivity index (χ2n) is 5.18. The van der Waals surface area contributed by atoms with Gasteiger partial charge in [-0.15, -0.1) is 0 Å². The van der Waals surface area contributed by atoms with E-state index < -0.39 is 18.5 Å². The highest BCUT2D eigenvalue weighted by Crippen LogP contribution is 2.28. The van der Waals surface area contributed by atoms with Crippen molar-refractivity contribution in [2.75, 3.05) is 26.1 Å². The second-order valence-corrected chi connectivity index (χ2v) is 6.03. The molecule has 0 aromatic heterocycles. The van der Waals surface area contributed by atoms with Gasteiger partial charge in [-0.05, 0) is 58.7 Å². The maximum atomic E-state index is 12.1. The minimum atomic E-state index is -0.626. The summed E-state index contributed by atoms with van der Waals surface area (Å²) in [5.41, 5.74) is 1.93. The van der Waals surface area contributed by atoms with E-state index in [2.05, 4.69) is 21.2 Å². The number of nitrogens with one attached hydrogen (secondary N) is 1. The van der Waals surface area contributed by atoms with Crippen LogP contribution in [0.25, 0.3) is 0 Å². The number of rotatable bonds is 6.